The minimum absolute atomic E-state index is 0.0635. The molecule has 0 spiro atoms. The highest BCUT2D eigenvalue weighted by molar-refractivity contribution is 5.69. The minimum atomic E-state index is -0.176. The van der Waals surface area contributed by atoms with Crippen LogP contribution in [-0.2, 0) is 9.53 Å². The number of hydrogen-bond donors (Lipinski definition) is 0. The Balaban J connectivity index is 3.15. The summed E-state index contributed by atoms with van der Waals surface area (Å²) < 4.78 is 5.22. The predicted molar refractivity (Wildman–Crippen MR) is 110 cm³/mol. The van der Waals surface area contributed by atoms with Crippen molar-refractivity contribution >= 4 is 5.97 Å². The van der Waals surface area contributed by atoms with Gasteiger partial charge in [0.15, 0.2) is 0 Å². The van der Waals surface area contributed by atoms with Gasteiger partial charge in [-0.05, 0) is 18.8 Å². The predicted octanol–water partition coefficient (Wildman–Crippen LogP) is 7.65. The second-order valence-electron chi connectivity index (χ2n) is 8.52. The first-order chi connectivity index (χ1) is 12.0. The average Bonchev–Trinajstić information content (AvgIpc) is 2.56. The molecule has 0 fully saturated rings. The second-order valence-corrected chi connectivity index (χ2v) is 8.52. The van der Waals surface area contributed by atoms with Gasteiger partial charge in [-0.25, -0.2) is 0 Å². The zero-order chi connectivity index (χ0) is 18.8. The van der Waals surface area contributed by atoms with Crippen molar-refractivity contribution in [2.24, 2.45) is 5.41 Å². The molecule has 0 N–H and O–H groups in total. The van der Waals surface area contributed by atoms with Crippen molar-refractivity contribution in [3.05, 3.63) is 6.92 Å². The van der Waals surface area contributed by atoms with E-state index in [1.54, 1.807) is 0 Å². The van der Waals surface area contributed by atoms with Gasteiger partial charge in [-0.3, -0.25) is 4.79 Å². The Morgan fingerprint density at radius 3 is 1.44 bits per heavy atom. The van der Waals surface area contributed by atoms with Crippen LogP contribution in [0.1, 0.15) is 124 Å². The van der Waals surface area contributed by atoms with Crippen molar-refractivity contribution in [2.75, 3.05) is 6.61 Å². The third-order valence-corrected chi connectivity index (χ3v) is 4.61. The molecule has 0 aromatic heterocycles. The summed E-state index contributed by atoms with van der Waals surface area (Å²) >= 11 is 0. The Kier molecular flexibility index (Phi) is 16.6. The highest BCUT2D eigenvalue weighted by Crippen LogP contribution is 2.15. The van der Waals surface area contributed by atoms with E-state index in [-0.39, 0.29) is 11.4 Å². The molecule has 0 aliphatic heterocycles. The lowest BCUT2D eigenvalue weighted by Gasteiger charge is -2.17. The molecule has 2 heteroatoms. The summed E-state index contributed by atoms with van der Waals surface area (Å²) in [6, 6.07) is 0. The molecule has 0 aliphatic rings. The molecule has 1 radical (unpaired) electrons. The summed E-state index contributed by atoms with van der Waals surface area (Å²) in [6.07, 6.45) is 20.8. The van der Waals surface area contributed by atoms with E-state index in [9.17, 15) is 4.79 Å². The van der Waals surface area contributed by atoms with Crippen molar-refractivity contribution in [3.8, 4) is 0 Å². The molecule has 149 valence electrons. The Morgan fingerprint density at radius 2 is 1.08 bits per heavy atom. The topological polar surface area (TPSA) is 26.3 Å². The summed E-state index contributed by atoms with van der Waals surface area (Å²) in [5, 5.41) is 0. The van der Waals surface area contributed by atoms with E-state index in [0.717, 1.165) is 12.8 Å². The molecular formula is C23H45O2. The van der Waals surface area contributed by atoms with E-state index >= 15 is 0 Å². The fourth-order valence-corrected chi connectivity index (χ4v) is 2.99. The van der Waals surface area contributed by atoms with E-state index in [4.69, 9.17) is 4.74 Å². The van der Waals surface area contributed by atoms with Gasteiger partial charge in [0.05, 0.1) is 6.61 Å². The molecule has 0 bridgehead atoms. The van der Waals surface area contributed by atoms with Crippen LogP contribution in [0.5, 0.6) is 0 Å². The van der Waals surface area contributed by atoms with Crippen LogP contribution in [0, 0.1) is 12.3 Å². The molecule has 0 rings (SSSR count). The third kappa shape index (κ3) is 21.4. The first kappa shape index (κ1) is 24.5. The molecule has 0 aromatic carbocycles. The van der Waals surface area contributed by atoms with Crippen LogP contribution in [-0.4, -0.2) is 12.6 Å². The van der Waals surface area contributed by atoms with Gasteiger partial charge < -0.3 is 4.74 Å². The van der Waals surface area contributed by atoms with Crippen LogP contribution in [0.15, 0.2) is 0 Å². The van der Waals surface area contributed by atoms with Gasteiger partial charge in [0, 0.05) is 6.42 Å². The van der Waals surface area contributed by atoms with Crippen LogP contribution in [0.3, 0.4) is 0 Å². The van der Waals surface area contributed by atoms with Crippen LogP contribution >= 0.6 is 0 Å². The average molecular weight is 354 g/mol. The largest absolute Gasteiger partial charge is 0.465 e. The molecular weight excluding hydrogens is 308 g/mol. The normalized spacial score (nSPS) is 11.7. The van der Waals surface area contributed by atoms with Crippen LogP contribution < -0.4 is 0 Å². The highest BCUT2D eigenvalue weighted by atomic mass is 16.5. The van der Waals surface area contributed by atoms with E-state index < -0.39 is 0 Å². The summed E-state index contributed by atoms with van der Waals surface area (Å²) in [6.45, 7) is 10.6. The number of carbonyl (C=O) groups excluding carboxylic acids is 1. The maximum absolute atomic E-state index is 11.6. The van der Waals surface area contributed by atoms with Crippen molar-refractivity contribution in [1.82, 2.24) is 0 Å². The van der Waals surface area contributed by atoms with Gasteiger partial charge in [-0.2, -0.15) is 0 Å². The lowest BCUT2D eigenvalue weighted by molar-refractivity contribution is -0.146. The lowest BCUT2D eigenvalue weighted by atomic mass is 9.99. The molecule has 2 nitrogen and oxygen atoms in total. The molecule has 0 saturated carbocycles. The number of esters is 1. The van der Waals surface area contributed by atoms with Gasteiger partial charge in [0.25, 0.3) is 0 Å². The zero-order valence-corrected chi connectivity index (χ0v) is 17.5. The minimum Gasteiger partial charge on any atom is -0.465 e. The molecule has 0 saturated heterocycles. The summed E-state index contributed by atoms with van der Waals surface area (Å²) in [7, 11) is 0. The van der Waals surface area contributed by atoms with Gasteiger partial charge in [0.1, 0.15) is 0 Å². The molecule has 0 aliphatic carbocycles. The molecule has 0 atom stereocenters. The van der Waals surface area contributed by atoms with Crippen molar-refractivity contribution < 1.29 is 9.53 Å². The van der Waals surface area contributed by atoms with Gasteiger partial charge in [0.2, 0.25) is 0 Å². The Bertz CT molecular complexity index is 291. The van der Waals surface area contributed by atoms with Crippen molar-refractivity contribution in [3.63, 3.8) is 0 Å². The van der Waals surface area contributed by atoms with Crippen molar-refractivity contribution in [2.45, 2.75) is 124 Å². The maximum Gasteiger partial charge on any atom is 0.305 e. The molecule has 0 aromatic rings. The first-order valence-electron chi connectivity index (χ1n) is 11.0. The van der Waals surface area contributed by atoms with Crippen LogP contribution in [0.25, 0.3) is 0 Å². The van der Waals surface area contributed by atoms with Gasteiger partial charge in [-0.15, -0.1) is 0 Å². The SMILES string of the molecule is [CH2]C(C)(C)COC(=O)CCCCCCCCCCCCCCCCC. The summed E-state index contributed by atoms with van der Waals surface area (Å²) in [4.78, 5) is 11.6. The summed E-state index contributed by atoms with van der Waals surface area (Å²) in [5.41, 5.74) is -0.176. The van der Waals surface area contributed by atoms with E-state index in [0.29, 0.717) is 13.0 Å². The first-order valence-corrected chi connectivity index (χ1v) is 11.0. The Labute approximate surface area is 158 Å². The standard InChI is InChI=1S/C23H45O2/c1-5-6-7-8-9-10-11-12-13-14-15-16-17-18-19-20-22(24)25-21-23(2,3)4/h2,5-21H2,1,3-4H3. The smallest absolute Gasteiger partial charge is 0.305 e. The van der Waals surface area contributed by atoms with Gasteiger partial charge in [-0.1, -0.05) is 111 Å². The van der Waals surface area contributed by atoms with E-state index in [1.807, 2.05) is 13.8 Å². The highest BCUT2D eigenvalue weighted by Gasteiger charge is 2.13. The Hall–Kier alpha value is -0.530. The summed E-state index contributed by atoms with van der Waals surface area (Å²) in [5.74, 6) is -0.0635. The van der Waals surface area contributed by atoms with Gasteiger partial charge >= 0.3 is 5.97 Å². The second kappa shape index (κ2) is 16.9. The Morgan fingerprint density at radius 1 is 0.720 bits per heavy atom. The van der Waals surface area contributed by atoms with E-state index in [2.05, 4.69) is 13.8 Å². The molecule has 25 heavy (non-hydrogen) atoms. The monoisotopic (exact) mass is 353 g/mol. The number of unbranched alkanes of at least 4 members (excludes halogenated alkanes) is 14. The number of carbonyl (C=O) groups is 1. The molecule has 0 amide bonds. The quantitative estimate of drug-likeness (QED) is 0.187. The van der Waals surface area contributed by atoms with Crippen molar-refractivity contribution in [1.29, 1.82) is 0 Å². The number of hydrogen-bond acceptors (Lipinski definition) is 2. The van der Waals surface area contributed by atoms with Crippen LogP contribution in [0.4, 0.5) is 0 Å². The zero-order valence-electron chi connectivity index (χ0n) is 17.5. The van der Waals surface area contributed by atoms with Crippen LogP contribution in [0.2, 0.25) is 0 Å². The molecule has 0 unspecified atom stereocenters. The van der Waals surface area contributed by atoms with E-state index in [1.165, 1.54) is 83.5 Å². The maximum atomic E-state index is 11.6. The molecule has 0 heterocycles. The fourth-order valence-electron chi connectivity index (χ4n) is 2.99. The third-order valence-electron chi connectivity index (χ3n) is 4.61. The number of rotatable bonds is 18. The number of ether oxygens (including phenoxy) is 1. The lowest BCUT2D eigenvalue weighted by Crippen LogP contribution is -2.18. The fraction of sp³-hybridized carbons (Fsp3) is 0.913.